The van der Waals surface area contributed by atoms with Gasteiger partial charge in [-0.05, 0) is 6.08 Å². The Bertz CT molecular complexity index is 617. The number of aliphatic hydroxyl groups is 2. The van der Waals surface area contributed by atoms with Gasteiger partial charge >= 0.3 is 0 Å². The minimum absolute atomic E-state index is 0.151. The van der Waals surface area contributed by atoms with Crippen molar-refractivity contribution in [3.8, 4) is 0 Å². The lowest BCUT2D eigenvalue weighted by Crippen LogP contribution is -2.34. The fourth-order valence-corrected chi connectivity index (χ4v) is 2.76. The van der Waals surface area contributed by atoms with Gasteiger partial charge in [-0.25, -0.2) is 4.98 Å². The van der Waals surface area contributed by atoms with E-state index in [-0.39, 0.29) is 32.2 Å². The number of nitrogens with zero attached hydrogens (tertiary/aromatic N) is 3. The third kappa shape index (κ3) is 3.18. The Morgan fingerprint density at radius 2 is 2.15 bits per heavy atom. The number of fused-ring (bicyclic) bond motifs is 1. The van der Waals surface area contributed by atoms with Crippen molar-refractivity contribution < 1.29 is 15.0 Å². The molecular formula is C12H14ClN3O3S. The lowest BCUT2D eigenvalue weighted by Gasteiger charge is -2.18. The van der Waals surface area contributed by atoms with Crippen molar-refractivity contribution in [1.82, 2.24) is 14.3 Å². The average molecular weight is 316 g/mol. The second kappa shape index (κ2) is 6.85. The maximum absolute atomic E-state index is 12.0. The molecule has 0 saturated heterocycles. The van der Waals surface area contributed by atoms with E-state index < -0.39 is 0 Å². The van der Waals surface area contributed by atoms with Crippen molar-refractivity contribution in [2.75, 3.05) is 26.3 Å². The number of aromatic nitrogens is 2. The van der Waals surface area contributed by atoms with Crippen LogP contribution in [0.3, 0.4) is 0 Å². The van der Waals surface area contributed by atoms with Crippen molar-refractivity contribution in [2.45, 2.75) is 0 Å². The van der Waals surface area contributed by atoms with Gasteiger partial charge in [0.25, 0.3) is 0 Å². The summed E-state index contributed by atoms with van der Waals surface area (Å²) in [5.41, 5.74) is 0.629. The number of thiazole rings is 1. The van der Waals surface area contributed by atoms with Crippen molar-refractivity contribution in [3.63, 3.8) is 0 Å². The molecule has 0 aliphatic carbocycles. The van der Waals surface area contributed by atoms with Crippen molar-refractivity contribution in [2.24, 2.45) is 0 Å². The first-order valence-corrected chi connectivity index (χ1v) is 7.23. The molecule has 1 amide bonds. The van der Waals surface area contributed by atoms with Crippen LogP contribution in [-0.2, 0) is 4.79 Å². The minimum atomic E-state index is -0.297. The zero-order chi connectivity index (χ0) is 14.5. The summed E-state index contributed by atoms with van der Waals surface area (Å²) in [6.45, 7) is 0.0546. The van der Waals surface area contributed by atoms with Crippen LogP contribution in [0.15, 0.2) is 17.7 Å². The van der Waals surface area contributed by atoms with Gasteiger partial charge in [-0.3, -0.25) is 9.20 Å². The van der Waals surface area contributed by atoms with Crippen molar-refractivity contribution in [1.29, 1.82) is 0 Å². The Kier molecular flexibility index (Phi) is 5.13. The number of carbonyl (C=O) groups excluding carboxylic acids is 1. The summed E-state index contributed by atoms with van der Waals surface area (Å²) in [6, 6.07) is 0. The van der Waals surface area contributed by atoms with E-state index in [1.807, 2.05) is 11.6 Å². The van der Waals surface area contributed by atoms with Crippen LogP contribution in [0.25, 0.3) is 11.0 Å². The summed E-state index contributed by atoms with van der Waals surface area (Å²) in [7, 11) is 0. The predicted octanol–water partition coefficient (Wildman–Crippen LogP) is 0.876. The average Bonchev–Trinajstić information content (AvgIpc) is 2.97. The van der Waals surface area contributed by atoms with E-state index >= 15 is 0 Å². The topological polar surface area (TPSA) is 78.1 Å². The molecule has 0 aromatic carbocycles. The normalized spacial score (nSPS) is 11.6. The van der Waals surface area contributed by atoms with Crippen LogP contribution in [-0.4, -0.2) is 56.7 Å². The van der Waals surface area contributed by atoms with Gasteiger partial charge in [-0.1, -0.05) is 11.6 Å². The maximum Gasteiger partial charge on any atom is 0.246 e. The number of hydrogen-bond acceptors (Lipinski definition) is 5. The first kappa shape index (κ1) is 15.0. The molecular weight excluding hydrogens is 302 g/mol. The summed E-state index contributed by atoms with van der Waals surface area (Å²) < 4.78 is 1.79. The Labute approximate surface area is 124 Å². The molecule has 0 aliphatic rings. The third-order valence-electron chi connectivity index (χ3n) is 2.69. The first-order chi connectivity index (χ1) is 9.67. The van der Waals surface area contributed by atoms with Crippen LogP contribution in [0.2, 0.25) is 5.15 Å². The number of amides is 1. The molecule has 20 heavy (non-hydrogen) atoms. The van der Waals surface area contributed by atoms with Gasteiger partial charge in [0.1, 0.15) is 0 Å². The number of imidazole rings is 1. The Morgan fingerprint density at radius 3 is 2.80 bits per heavy atom. The Morgan fingerprint density at radius 1 is 1.45 bits per heavy atom. The number of carbonyl (C=O) groups is 1. The molecule has 0 fully saturated rings. The van der Waals surface area contributed by atoms with Gasteiger partial charge in [-0.15, -0.1) is 11.3 Å². The van der Waals surface area contributed by atoms with Crippen LogP contribution in [0.4, 0.5) is 0 Å². The van der Waals surface area contributed by atoms with E-state index in [1.54, 1.807) is 10.5 Å². The van der Waals surface area contributed by atoms with Gasteiger partial charge in [0.2, 0.25) is 5.91 Å². The summed E-state index contributed by atoms with van der Waals surface area (Å²) in [4.78, 5) is 18.2. The van der Waals surface area contributed by atoms with Gasteiger partial charge in [0.05, 0.1) is 18.9 Å². The van der Waals surface area contributed by atoms with Gasteiger partial charge in [0, 0.05) is 30.7 Å². The number of rotatable bonds is 6. The van der Waals surface area contributed by atoms with Crippen molar-refractivity contribution >= 4 is 39.9 Å². The molecule has 6 nitrogen and oxygen atoms in total. The van der Waals surface area contributed by atoms with Gasteiger partial charge in [0.15, 0.2) is 10.1 Å². The molecule has 108 valence electrons. The summed E-state index contributed by atoms with van der Waals surface area (Å²) in [6.07, 6.45) is 4.76. The molecule has 2 aromatic rings. The number of aliphatic hydroxyl groups excluding tert-OH is 2. The lowest BCUT2D eigenvalue weighted by molar-refractivity contribution is -0.126. The second-order valence-corrected chi connectivity index (χ2v) is 5.18. The molecule has 0 radical (unpaired) electrons. The zero-order valence-electron chi connectivity index (χ0n) is 10.6. The first-order valence-electron chi connectivity index (χ1n) is 5.97. The molecule has 0 spiro atoms. The second-order valence-electron chi connectivity index (χ2n) is 3.95. The highest BCUT2D eigenvalue weighted by molar-refractivity contribution is 7.15. The molecule has 2 heterocycles. The quantitative estimate of drug-likeness (QED) is 0.776. The molecule has 0 bridgehead atoms. The fourth-order valence-electron chi connectivity index (χ4n) is 1.76. The van der Waals surface area contributed by atoms with Crippen LogP contribution < -0.4 is 0 Å². The Balaban J connectivity index is 2.17. The number of hydrogen-bond donors (Lipinski definition) is 2. The SMILES string of the molecule is O=C(C=Cc1c(Cl)nc2sccn12)N(CCO)CCO. The van der Waals surface area contributed by atoms with Gasteiger partial charge in [-0.2, -0.15) is 0 Å². The smallest absolute Gasteiger partial charge is 0.246 e. The van der Waals surface area contributed by atoms with Gasteiger partial charge < -0.3 is 15.1 Å². The molecule has 8 heteroatoms. The van der Waals surface area contributed by atoms with Crippen LogP contribution in [0, 0.1) is 0 Å². The predicted molar refractivity (Wildman–Crippen MR) is 77.9 cm³/mol. The molecule has 0 unspecified atom stereocenters. The van der Waals surface area contributed by atoms with E-state index in [0.29, 0.717) is 10.8 Å². The summed E-state index contributed by atoms with van der Waals surface area (Å²) in [5.74, 6) is -0.297. The standard InChI is InChI=1S/C12H14ClN3O3S/c13-11-9(16-5-8-20-12(16)14-11)1-2-10(19)15(3-6-17)4-7-18/h1-2,5,8,17-18H,3-4,6-7H2. The number of halogens is 1. The maximum atomic E-state index is 12.0. The van der Waals surface area contributed by atoms with E-state index in [0.717, 1.165) is 4.96 Å². The van der Waals surface area contributed by atoms with Crippen LogP contribution >= 0.6 is 22.9 Å². The van der Waals surface area contributed by atoms with Crippen LogP contribution in [0.5, 0.6) is 0 Å². The van der Waals surface area contributed by atoms with E-state index in [1.165, 1.54) is 22.3 Å². The fraction of sp³-hybridized carbons (Fsp3) is 0.333. The lowest BCUT2D eigenvalue weighted by atomic mass is 10.3. The Hall–Kier alpha value is -1.41. The molecule has 0 aliphatic heterocycles. The summed E-state index contributed by atoms with van der Waals surface area (Å²) in [5, 5.41) is 20.0. The third-order valence-corrected chi connectivity index (χ3v) is 3.72. The zero-order valence-corrected chi connectivity index (χ0v) is 12.1. The molecule has 0 atom stereocenters. The highest BCUT2D eigenvalue weighted by atomic mass is 35.5. The van der Waals surface area contributed by atoms with Crippen molar-refractivity contribution in [3.05, 3.63) is 28.5 Å². The summed E-state index contributed by atoms with van der Waals surface area (Å²) >= 11 is 7.46. The van der Waals surface area contributed by atoms with E-state index in [9.17, 15) is 4.79 Å². The highest BCUT2D eigenvalue weighted by Gasteiger charge is 2.11. The minimum Gasteiger partial charge on any atom is -0.395 e. The largest absolute Gasteiger partial charge is 0.395 e. The highest BCUT2D eigenvalue weighted by Crippen LogP contribution is 2.22. The molecule has 0 saturated carbocycles. The van der Waals surface area contributed by atoms with E-state index in [4.69, 9.17) is 21.8 Å². The molecule has 2 aromatic heterocycles. The molecule has 2 N–H and O–H groups in total. The van der Waals surface area contributed by atoms with E-state index in [2.05, 4.69) is 4.98 Å². The van der Waals surface area contributed by atoms with Crippen LogP contribution in [0.1, 0.15) is 5.69 Å². The monoisotopic (exact) mass is 315 g/mol. The molecule has 2 rings (SSSR count).